The number of anilines is 3. The van der Waals surface area contributed by atoms with Crippen LogP contribution in [0.3, 0.4) is 0 Å². The molecule has 0 aliphatic carbocycles. The van der Waals surface area contributed by atoms with Gasteiger partial charge in [-0.1, -0.05) is 121 Å². The van der Waals surface area contributed by atoms with Gasteiger partial charge in [-0.25, -0.2) is 0 Å². The first-order chi connectivity index (χ1) is 26.3. The summed E-state index contributed by atoms with van der Waals surface area (Å²) in [7, 11) is 0. The maximum Gasteiger partial charge on any atom is 0.0651 e. The molecule has 0 unspecified atom stereocenters. The van der Waals surface area contributed by atoms with E-state index in [9.17, 15) is 0 Å². The molecule has 0 bridgehead atoms. The molecule has 10 aromatic rings. The molecule has 4 nitrogen and oxygen atoms in total. The number of rotatable bonds is 4. The summed E-state index contributed by atoms with van der Waals surface area (Å²) in [4.78, 5) is 7.31. The molecule has 0 fully saturated rings. The monoisotopic (exact) mass is 676 g/mol. The van der Waals surface area contributed by atoms with E-state index in [0.717, 1.165) is 56.3 Å². The van der Waals surface area contributed by atoms with Crippen LogP contribution in [-0.2, 0) is 0 Å². The fourth-order valence-electron chi connectivity index (χ4n) is 8.50. The average Bonchev–Trinajstić information content (AvgIpc) is 3.71. The lowest BCUT2D eigenvalue weighted by Crippen LogP contribution is -2.11. The van der Waals surface area contributed by atoms with Crippen LogP contribution in [0.25, 0.3) is 77.6 Å². The second kappa shape index (κ2) is 11.7. The fraction of sp³-hybridized carbons (Fsp3) is 0. The second-order valence-electron chi connectivity index (χ2n) is 13.6. The van der Waals surface area contributed by atoms with E-state index in [1.54, 1.807) is 0 Å². The van der Waals surface area contributed by atoms with Gasteiger partial charge in [-0.15, -0.1) is 0 Å². The smallest absolute Gasteiger partial charge is 0.0651 e. The predicted molar refractivity (Wildman–Crippen MR) is 220 cm³/mol. The quantitative estimate of drug-likeness (QED) is 0.185. The van der Waals surface area contributed by atoms with Crippen molar-refractivity contribution in [3.05, 3.63) is 194 Å². The van der Waals surface area contributed by atoms with Crippen molar-refractivity contribution in [1.82, 2.24) is 14.1 Å². The van der Waals surface area contributed by atoms with Crippen LogP contribution in [0.4, 0.5) is 17.1 Å². The van der Waals surface area contributed by atoms with Crippen LogP contribution in [0.2, 0.25) is 0 Å². The summed E-state index contributed by atoms with van der Waals surface area (Å²) in [5, 5.41) is 3.72. The maximum atomic E-state index is 4.91. The van der Waals surface area contributed by atoms with Crippen LogP contribution in [0.1, 0.15) is 0 Å². The van der Waals surface area contributed by atoms with Gasteiger partial charge in [0.15, 0.2) is 0 Å². The Labute approximate surface area is 307 Å². The Bertz CT molecular complexity index is 2970. The van der Waals surface area contributed by atoms with Crippen molar-refractivity contribution in [3.8, 4) is 44.9 Å². The third-order valence-electron chi connectivity index (χ3n) is 10.7. The lowest BCUT2D eigenvalue weighted by molar-refractivity contribution is 1.11. The molecule has 248 valence electrons. The fourth-order valence-corrected chi connectivity index (χ4v) is 8.50. The molecule has 1 aliphatic rings. The van der Waals surface area contributed by atoms with Crippen LogP contribution in [-0.4, -0.2) is 14.1 Å². The van der Waals surface area contributed by atoms with Crippen LogP contribution in [0, 0.1) is 0 Å². The van der Waals surface area contributed by atoms with Gasteiger partial charge in [0, 0.05) is 56.0 Å². The molecule has 0 N–H and O–H groups in total. The standard InChI is InChI=1S/C49H32N4/c1-2-16-35(17-3-1)51-45-26-11-6-21-40(45)48-41-22-7-12-27-46(41)53(49(48)42-23-8-13-28-47(42)51)37-30-34(31-50-32-37)33-15-14-18-36(29-33)52-43-24-9-4-19-38(43)39-20-5-10-25-44(39)52/h1-32H. The number of aromatic nitrogens is 3. The van der Waals surface area contributed by atoms with E-state index in [1.807, 2.05) is 12.4 Å². The van der Waals surface area contributed by atoms with E-state index in [-0.39, 0.29) is 0 Å². The van der Waals surface area contributed by atoms with Gasteiger partial charge in [-0.05, 0) is 66.2 Å². The summed E-state index contributed by atoms with van der Waals surface area (Å²) >= 11 is 0. The number of hydrogen-bond acceptors (Lipinski definition) is 2. The lowest BCUT2D eigenvalue weighted by Gasteiger charge is -2.27. The summed E-state index contributed by atoms with van der Waals surface area (Å²) in [5.41, 5.74) is 16.0. The molecule has 0 saturated heterocycles. The molecule has 0 spiro atoms. The Kier molecular flexibility index (Phi) is 6.52. The van der Waals surface area contributed by atoms with Gasteiger partial charge in [-0.2, -0.15) is 0 Å². The van der Waals surface area contributed by atoms with Gasteiger partial charge in [0.2, 0.25) is 0 Å². The zero-order chi connectivity index (χ0) is 34.9. The zero-order valence-corrected chi connectivity index (χ0v) is 28.8. The Hall–Kier alpha value is -7.17. The number of para-hydroxylation sites is 6. The maximum absolute atomic E-state index is 4.91. The van der Waals surface area contributed by atoms with E-state index in [2.05, 4.69) is 196 Å². The van der Waals surface area contributed by atoms with E-state index >= 15 is 0 Å². The van der Waals surface area contributed by atoms with Gasteiger partial charge >= 0.3 is 0 Å². The molecule has 4 heterocycles. The largest absolute Gasteiger partial charge is 0.309 e. The van der Waals surface area contributed by atoms with Gasteiger partial charge in [0.05, 0.1) is 45.5 Å². The first kappa shape index (κ1) is 29.5. The number of pyridine rings is 1. The molecular weight excluding hydrogens is 645 g/mol. The molecule has 4 heteroatoms. The van der Waals surface area contributed by atoms with Crippen LogP contribution in [0.5, 0.6) is 0 Å². The first-order valence-corrected chi connectivity index (χ1v) is 18.1. The molecule has 0 atom stereocenters. The van der Waals surface area contributed by atoms with Crippen molar-refractivity contribution in [2.45, 2.75) is 0 Å². The molecule has 1 aliphatic heterocycles. The zero-order valence-electron chi connectivity index (χ0n) is 28.8. The van der Waals surface area contributed by atoms with Crippen molar-refractivity contribution < 1.29 is 0 Å². The molecule has 0 radical (unpaired) electrons. The predicted octanol–water partition coefficient (Wildman–Crippen LogP) is 12.9. The van der Waals surface area contributed by atoms with Crippen molar-refractivity contribution in [2.24, 2.45) is 0 Å². The number of fused-ring (bicyclic) bond motifs is 10. The molecule has 0 amide bonds. The van der Waals surface area contributed by atoms with Gasteiger partial charge in [0.25, 0.3) is 0 Å². The lowest BCUT2D eigenvalue weighted by atomic mass is 9.98. The average molecular weight is 677 g/mol. The van der Waals surface area contributed by atoms with Crippen molar-refractivity contribution >= 4 is 49.8 Å². The minimum Gasteiger partial charge on any atom is -0.309 e. The summed E-state index contributed by atoms with van der Waals surface area (Å²) in [6, 6.07) is 65.5. The van der Waals surface area contributed by atoms with Crippen LogP contribution in [0.15, 0.2) is 194 Å². The number of hydrogen-bond donors (Lipinski definition) is 0. The number of nitrogens with zero attached hydrogens (tertiary/aromatic N) is 4. The van der Waals surface area contributed by atoms with Crippen molar-refractivity contribution in [1.29, 1.82) is 0 Å². The molecule has 53 heavy (non-hydrogen) atoms. The highest BCUT2D eigenvalue weighted by Crippen LogP contribution is 2.54. The summed E-state index contributed by atoms with van der Waals surface area (Å²) < 4.78 is 4.79. The minimum atomic E-state index is 1.02. The minimum absolute atomic E-state index is 1.02. The normalized spacial score (nSPS) is 12.1. The molecular formula is C49H32N4. The highest BCUT2D eigenvalue weighted by molar-refractivity contribution is 6.13. The highest BCUT2D eigenvalue weighted by atomic mass is 15.2. The molecule has 0 saturated carbocycles. The summed E-state index contributed by atoms with van der Waals surface area (Å²) in [5.74, 6) is 0. The van der Waals surface area contributed by atoms with Gasteiger partial charge in [0.1, 0.15) is 0 Å². The van der Waals surface area contributed by atoms with Crippen molar-refractivity contribution in [3.63, 3.8) is 0 Å². The highest BCUT2D eigenvalue weighted by Gasteiger charge is 2.31. The van der Waals surface area contributed by atoms with Crippen LogP contribution >= 0.6 is 0 Å². The molecule has 3 aromatic heterocycles. The Balaban J connectivity index is 1.14. The second-order valence-corrected chi connectivity index (χ2v) is 13.6. The summed E-state index contributed by atoms with van der Waals surface area (Å²) in [6.45, 7) is 0. The van der Waals surface area contributed by atoms with Crippen LogP contribution < -0.4 is 4.90 Å². The molecule has 7 aromatic carbocycles. The Morgan fingerprint density at radius 2 is 0.906 bits per heavy atom. The third kappa shape index (κ3) is 4.46. The van der Waals surface area contributed by atoms with Gasteiger partial charge < -0.3 is 14.0 Å². The third-order valence-corrected chi connectivity index (χ3v) is 10.7. The van der Waals surface area contributed by atoms with E-state index in [0.29, 0.717) is 0 Å². The number of benzene rings is 7. The SMILES string of the molecule is c1ccc(N2c3ccccc3-c3c(n(-c4cncc(-c5cccc(-n6c7ccccc7c7ccccc76)c5)c4)c4ccccc34)-c3ccccc32)cc1. The Morgan fingerprint density at radius 1 is 0.358 bits per heavy atom. The molecule has 11 rings (SSSR count). The van der Waals surface area contributed by atoms with Gasteiger partial charge in [-0.3, -0.25) is 4.98 Å². The topological polar surface area (TPSA) is 26.0 Å². The summed E-state index contributed by atoms with van der Waals surface area (Å²) in [6.07, 6.45) is 3.99. The Morgan fingerprint density at radius 3 is 1.64 bits per heavy atom. The van der Waals surface area contributed by atoms with E-state index in [1.165, 1.54) is 38.3 Å². The van der Waals surface area contributed by atoms with E-state index < -0.39 is 0 Å². The van der Waals surface area contributed by atoms with Crippen molar-refractivity contribution in [2.75, 3.05) is 4.90 Å². The first-order valence-electron chi connectivity index (χ1n) is 18.1. The van der Waals surface area contributed by atoms with E-state index in [4.69, 9.17) is 4.98 Å².